The summed E-state index contributed by atoms with van der Waals surface area (Å²) >= 11 is 7.80. The number of benzene rings is 3. The molecular weight excluding hydrogens is 416 g/mol. The highest BCUT2D eigenvalue weighted by Crippen LogP contribution is 2.35. The topological polar surface area (TPSA) is 55.1 Å². The molecule has 2 aromatic heterocycles. The number of halogens is 1. The summed E-state index contributed by atoms with van der Waals surface area (Å²) in [5.41, 5.74) is 4.63. The van der Waals surface area contributed by atoms with Crippen LogP contribution in [-0.2, 0) is 6.54 Å². The van der Waals surface area contributed by atoms with Crippen molar-refractivity contribution in [1.82, 2.24) is 10.3 Å². The van der Waals surface area contributed by atoms with E-state index in [1.54, 1.807) is 0 Å². The summed E-state index contributed by atoms with van der Waals surface area (Å²) in [5, 5.41) is 4.37. The summed E-state index contributed by atoms with van der Waals surface area (Å²) in [6.07, 6.45) is 0. The molecule has 0 spiro atoms. The number of carbonyl (C=O) groups excluding carboxylic acids is 1. The highest BCUT2D eigenvalue weighted by Gasteiger charge is 2.16. The molecule has 1 N–H and O–H groups in total. The number of hydrogen-bond acceptors (Lipinski definition) is 4. The summed E-state index contributed by atoms with van der Waals surface area (Å²) in [6, 6.07) is 21.5. The molecule has 0 unspecified atom stereocenters. The first-order valence-electron chi connectivity index (χ1n) is 9.50. The number of aryl methyl sites for hydroxylation is 1. The van der Waals surface area contributed by atoms with Gasteiger partial charge in [0.1, 0.15) is 10.4 Å². The van der Waals surface area contributed by atoms with Crippen molar-refractivity contribution in [2.75, 3.05) is 0 Å². The van der Waals surface area contributed by atoms with Crippen LogP contribution in [0.5, 0.6) is 0 Å². The van der Waals surface area contributed by atoms with Gasteiger partial charge < -0.3 is 9.73 Å². The first-order valence-corrected chi connectivity index (χ1v) is 10.7. The minimum atomic E-state index is -0.167. The van der Waals surface area contributed by atoms with E-state index in [9.17, 15) is 4.79 Å². The molecule has 0 saturated heterocycles. The molecule has 0 atom stereocenters. The standard InChI is InChI=1S/C24H17ClN2O2S/c1-14-6-11-18-19(12-14)29-24(27-18)16-9-7-15(8-10-16)13-26-23(28)22-21(25)17-4-2-3-5-20(17)30-22/h2-12H,13H2,1H3,(H,26,28). The number of carbonyl (C=O) groups is 1. The average molecular weight is 433 g/mol. The molecule has 0 saturated carbocycles. The van der Waals surface area contributed by atoms with Gasteiger partial charge >= 0.3 is 0 Å². The lowest BCUT2D eigenvalue weighted by atomic mass is 10.1. The van der Waals surface area contributed by atoms with E-state index in [-0.39, 0.29) is 5.91 Å². The summed E-state index contributed by atoms with van der Waals surface area (Å²) in [7, 11) is 0. The largest absolute Gasteiger partial charge is 0.436 e. The van der Waals surface area contributed by atoms with Crippen molar-refractivity contribution in [3.8, 4) is 11.5 Å². The van der Waals surface area contributed by atoms with Crippen LogP contribution in [0, 0.1) is 6.92 Å². The number of hydrogen-bond donors (Lipinski definition) is 1. The Balaban J connectivity index is 1.30. The number of nitrogens with one attached hydrogen (secondary N) is 1. The number of aromatic nitrogens is 1. The maximum Gasteiger partial charge on any atom is 0.263 e. The molecule has 0 aliphatic rings. The predicted octanol–water partition coefficient (Wildman–Crippen LogP) is 6.60. The van der Waals surface area contributed by atoms with Gasteiger partial charge in [0, 0.05) is 22.2 Å². The van der Waals surface area contributed by atoms with Gasteiger partial charge in [0.25, 0.3) is 5.91 Å². The molecule has 5 rings (SSSR count). The minimum absolute atomic E-state index is 0.167. The second-order valence-corrected chi connectivity index (χ2v) is 8.54. The van der Waals surface area contributed by atoms with Crippen molar-refractivity contribution in [1.29, 1.82) is 0 Å². The van der Waals surface area contributed by atoms with Crippen molar-refractivity contribution < 1.29 is 9.21 Å². The smallest absolute Gasteiger partial charge is 0.263 e. The van der Waals surface area contributed by atoms with Gasteiger partial charge in [-0.3, -0.25) is 4.79 Å². The zero-order valence-electron chi connectivity index (χ0n) is 16.1. The van der Waals surface area contributed by atoms with Gasteiger partial charge in [-0.25, -0.2) is 4.98 Å². The molecule has 3 aromatic carbocycles. The van der Waals surface area contributed by atoms with E-state index < -0.39 is 0 Å². The second-order valence-electron chi connectivity index (χ2n) is 7.11. The van der Waals surface area contributed by atoms with E-state index in [2.05, 4.69) is 10.3 Å². The minimum Gasteiger partial charge on any atom is -0.436 e. The van der Waals surface area contributed by atoms with Crippen molar-refractivity contribution >= 4 is 50.0 Å². The molecule has 5 aromatic rings. The van der Waals surface area contributed by atoms with Crippen LogP contribution < -0.4 is 5.32 Å². The number of nitrogens with zero attached hydrogens (tertiary/aromatic N) is 1. The fourth-order valence-electron chi connectivity index (χ4n) is 3.34. The molecular formula is C24H17ClN2O2S. The van der Waals surface area contributed by atoms with Crippen LogP contribution in [0.25, 0.3) is 32.6 Å². The third kappa shape index (κ3) is 3.47. The maximum absolute atomic E-state index is 12.6. The molecule has 4 nitrogen and oxygen atoms in total. The summed E-state index contributed by atoms with van der Waals surface area (Å²) < 4.78 is 6.88. The lowest BCUT2D eigenvalue weighted by Gasteiger charge is -2.05. The van der Waals surface area contributed by atoms with Gasteiger partial charge in [0.15, 0.2) is 5.58 Å². The number of amides is 1. The SMILES string of the molecule is Cc1ccc2nc(-c3ccc(CNC(=O)c4sc5ccccc5c4Cl)cc3)oc2c1. The Morgan fingerprint density at radius 2 is 1.90 bits per heavy atom. The Morgan fingerprint density at radius 1 is 1.10 bits per heavy atom. The molecule has 148 valence electrons. The first-order chi connectivity index (χ1) is 14.6. The Bertz CT molecular complexity index is 1390. The van der Waals surface area contributed by atoms with Crippen LogP contribution in [0.15, 0.2) is 71.1 Å². The van der Waals surface area contributed by atoms with Gasteiger partial charge in [-0.1, -0.05) is 48.0 Å². The lowest BCUT2D eigenvalue weighted by molar-refractivity contribution is 0.0955. The van der Waals surface area contributed by atoms with Gasteiger partial charge in [0.2, 0.25) is 5.89 Å². The molecule has 0 fully saturated rings. The van der Waals surface area contributed by atoms with Crippen LogP contribution in [0.2, 0.25) is 5.02 Å². The van der Waals surface area contributed by atoms with Gasteiger partial charge in [-0.05, 0) is 48.4 Å². The zero-order chi connectivity index (χ0) is 20.7. The molecule has 1 amide bonds. The number of oxazole rings is 1. The fourth-order valence-corrected chi connectivity index (χ4v) is 4.78. The molecule has 0 radical (unpaired) electrons. The molecule has 30 heavy (non-hydrogen) atoms. The van der Waals surface area contributed by atoms with E-state index in [0.717, 1.165) is 37.9 Å². The van der Waals surface area contributed by atoms with E-state index in [1.807, 2.05) is 73.7 Å². The predicted molar refractivity (Wildman–Crippen MR) is 122 cm³/mol. The molecule has 0 aliphatic heterocycles. The Labute approximate surface area is 182 Å². The van der Waals surface area contributed by atoms with Crippen LogP contribution in [-0.4, -0.2) is 10.9 Å². The fraction of sp³-hybridized carbons (Fsp3) is 0.0833. The quantitative estimate of drug-likeness (QED) is 0.348. The van der Waals surface area contributed by atoms with Crippen LogP contribution in [0.4, 0.5) is 0 Å². The number of thiophene rings is 1. The van der Waals surface area contributed by atoms with Gasteiger partial charge in [-0.2, -0.15) is 0 Å². The van der Waals surface area contributed by atoms with E-state index in [1.165, 1.54) is 11.3 Å². The molecule has 0 aliphatic carbocycles. The Kier molecular flexibility index (Phi) is 4.77. The first kappa shape index (κ1) is 18.9. The van der Waals surface area contributed by atoms with Crippen molar-refractivity contribution in [2.24, 2.45) is 0 Å². The maximum atomic E-state index is 12.6. The van der Waals surface area contributed by atoms with E-state index in [0.29, 0.717) is 22.3 Å². The Morgan fingerprint density at radius 3 is 2.70 bits per heavy atom. The average Bonchev–Trinajstić information content (AvgIpc) is 3.33. The van der Waals surface area contributed by atoms with Crippen LogP contribution >= 0.6 is 22.9 Å². The van der Waals surface area contributed by atoms with Crippen molar-refractivity contribution in [3.05, 3.63) is 87.8 Å². The van der Waals surface area contributed by atoms with Gasteiger partial charge in [0.05, 0.1) is 5.02 Å². The zero-order valence-corrected chi connectivity index (χ0v) is 17.7. The van der Waals surface area contributed by atoms with Crippen LogP contribution in [0.1, 0.15) is 20.8 Å². The molecule has 6 heteroatoms. The molecule has 2 heterocycles. The summed E-state index contributed by atoms with van der Waals surface area (Å²) in [6.45, 7) is 2.44. The third-order valence-corrected chi connectivity index (χ3v) is 6.61. The monoisotopic (exact) mass is 432 g/mol. The highest BCUT2D eigenvalue weighted by molar-refractivity contribution is 7.21. The normalized spacial score (nSPS) is 11.3. The highest BCUT2D eigenvalue weighted by atomic mass is 35.5. The van der Waals surface area contributed by atoms with Crippen molar-refractivity contribution in [3.63, 3.8) is 0 Å². The van der Waals surface area contributed by atoms with Gasteiger partial charge in [-0.15, -0.1) is 11.3 Å². The van der Waals surface area contributed by atoms with Crippen LogP contribution in [0.3, 0.4) is 0 Å². The number of rotatable bonds is 4. The summed E-state index contributed by atoms with van der Waals surface area (Å²) in [4.78, 5) is 17.7. The van der Waals surface area contributed by atoms with Crippen molar-refractivity contribution in [2.45, 2.75) is 13.5 Å². The van der Waals surface area contributed by atoms with E-state index in [4.69, 9.17) is 16.0 Å². The van der Waals surface area contributed by atoms with E-state index >= 15 is 0 Å². The summed E-state index contributed by atoms with van der Waals surface area (Å²) in [5.74, 6) is 0.419. The Hall–Kier alpha value is -3.15. The third-order valence-electron chi connectivity index (χ3n) is 4.94. The lowest BCUT2D eigenvalue weighted by Crippen LogP contribution is -2.22. The molecule has 0 bridgehead atoms. The number of fused-ring (bicyclic) bond motifs is 2. The second kappa shape index (κ2) is 7.59.